The summed E-state index contributed by atoms with van der Waals surface area (Å²) in [6.07, 6.45) is 27.1. The molecule has 0 aliphatic heterocycles. The van der Waals surface area contributed by atoms with Gasteiger partial charge in [-0.3, -0.25) is 57.5 Å². The van der Waals surface area contributed by atoms with Gasteiger partial charge in [-0.2, -0.15) is 0 Å². The normalized spacial score (nSPS) is 12.3. The number of rotatable bonds is 88. The predicted molar refractivity (Wildman–Crippen MR) is 425 cm³/mol. The van der Waals surface area contributed by atoms with Crippen LogP contribution in [0.3, 0.4) is 0 Å². The molecule has 0 rings (SSSR count). The van der Waals surface area contributed by atoms with Crippen molar-refractivity contribution in [2.75, 3.05) is 158 Å². The van der Waals surface area contributed by atoms with E-state index in [-0.39, 0.29) is 210 Å². The van der Waals surface area contributed by atoms with E-state index >= 15 is 0 Å². The summed E-state index contributed by atoms with van der Waals surface area (Å²) in [6.45, 7) is 4.19. The fourth-order valence-electron chi connectivity index (χ4n) is 12.0. The van der Waals surface area contributed by atoms with Crippen molar-refractivity contribution in [1.29, 1.82) is 0 Å². The molecular formula is C81H145N7O26. The molecule has 660 valence electrons. The van der Waals surface area contributed by atoms with Crippen molar-refractivity contribution in [3.05, 3.63) is 0 Å². The molecule has 114 heavy (non-hydrogen) atoms. The first kappa shape index (κ1) is 107. The zero-order chi connectivity index (χ0) is 84.0. The average molecular weight is 1630 g/mol. The molecule has 0 bridgehead atoms. The molecule has 0 spiro atoms. The number of aliphatic carboxylic acids is 3. The van der Waals surface area contributed by atoms with Gasteiger partial charge in [0.25, 0.3) is 0 Å². The molecule has 0 aromatic carbocycles. The summed E-state index contributed by atoms with van der Waals surface area (Å²) in [5.74, 6) is -6.16. The maximum absolute atomic E-state index is 13.4. The van der Waals surface area contributed by atoms with Crippen molar-refractivity contribution in [3.8, 4) is 0 Å². The Balaban J connectivity index is 4.10. The lowest BCUT2D eigenvalue weighted by Crippen LogP contribution is -2.43. The van der Waals surface area contributed by atoms with Gasteiger partial charge in [0.05, 0.1) is 85.3 Å². The fraction of sp³-hybridized carbons (Fsp3) is 0.840. The Kier molecular flexibility index (Phi) is 74.4. The Morgan fingerprint density at radius 1 is 0.307 bits per heavy atom. The first-order valence-corrected chi connectivity index (χ1v) is 42.2. The van der Waals surface area contributed by atoms with E-state index in [0.717, 1.165) is 135 Å². The van der Waals surface area contributed by atoms with Crippen molar-refractivity contribution in [2.45, 2.75) is 269 Å². The van der Waals surface area contributed by atoms with Gasteiger partial charge in [0.15, 0.2) is 17.3 Å². The highest BCUT2D eigenvalue weighted by Gasteiger charge is 2.24. The molecule has 0 aliphatic carbocycles. The van der Waals surface area contributed by atoms with Gasteiger partial charge < -0.3 is 101 Å². The van der Waals surface area contributed by atoms with Crippen molar-refractivity contribution in [2.24, 2.45) is 11.8 Å². The van der Waals surface area contributed by atoms with Gasteiger partial charge in [-0.25, -0.2) is 4.79 Å². The minimum absolute atomic E-state index is 0.00746. The molecule has 33 nitrogen and oxygen atoms in total. The fourth-order valence-corrected chi connectivity index (χ4v) is 12.0. The Labute approximate surface area is 676 Å². The zero-order valence-corrected chi connectivity index (χ0v) is 68.7. The molecule has 0 unspecified atom stereocenters. The highest BCUT2D eigenvalue weighted by atomic mass is 16.5. The molecule has 4 atom stereocenters. The number of carbonyl (C=O) groups is 13. The number of amides is 6. The Morgan fingerprint density at radius 3 is 1.14 bits per heavy atom. The van der Waals surface area contributed by atoms with Gasteiger partial charge in [0.2, 0.25) is 35.4 Å². The van der Waals surface area contributed by atoms with E-state index < -0.39 is 66.7 Å². The van der Waals surface area contributed by atoms with Crippen LogP contribution < -0.4 is 37.2 Å². The number of aliphatic hydroxyl groups is 2. The van der Waals surface area contributed by atoms with E-state index in [4.69, 9.17) is 48.1 Å². The maximum atomic E-state index is 13.4. The lowest BCUT2D eigenvalue weighted by Gasteiger charge is -2.20. The van der Waals surface area contributed by atoms with Crippen LogP contribution in [0.4, 0.5) is 0 Å². The van der Waals surface area contributed by atoms with Crippen LogP contribution in [0.1, 0.15) is 257 Å². The molecule has 0 heterocycles. The molecule has 0 saturated carbocycles. The number of hydrogen-bond donors (Lipinski definition) is 12. The smallest absolute Gasteiger partial charge is 0.326 e. The van der Waals surface area contributed by atoms with Gasteiger partial charge in [0, 0.05) is 103 Å². The van der Waals surface area contributed by atoms with Gasteiger partial charge in [-0.05, 0) is 89.4 Å². The summed E-state index contributed by atoms with van der Waals surface area (Å²) < 4.78 is 43.3. The Morgan fingerprint density at radius 2 is 0.693 bits per heavy atom. The van der Waals surface area contributed by atoms with Crippen LogP contribution in [0.5, 0.6) is 0 Å². The summed E-state index contributed by atoms with van der Waals surface area (Å²) >= 11 is 0. The minimum Gasteiger partial charge on any atom is -0.481 e. The third kappa shape index (κ3) is 73.1. The van der Waals surface area contributed by atoms with Crippen molar-refractivity contribution < 1.29 is 126 Å². The maximum Gasteiger partial charge on any atom is 0.326 e. The van der Waals surface area contributed by atoms with Crippen molar-refractivity contribution >= 4 is 76.5 Å². The summed E-state index contributed by atoms with van der Waals surface area (Å²) in [5.41, 5.74) is 0. The first-order valence-electron chi connectivity index (χ1n) is 42.2. The summed E-state index contributed by atoms with van der Waals surface area (Å²) in [6, 6.07) is -2.12. The third-order valence-electron chi connectivity index (χ3n) is 18.6. The van der Waals surface area contributed by atoms with Crippen molar-refractivity contribution in [1.82, 2.24) is 37.2 Å². The number of nitrogens with one attached hydrogen (secondary N) is 7. The second-order valence-corrected chi connectivity index (χ2v) is 28.7. The minimum atomic E-state index is -1.33. The molecule has 0 aromatic rings. The highest BCUT2D eigenvalue weighted by Crippen LogP contribution is 2.18. The lowest BCUT2D eigenvalue weighted by atomic mass is 9.92. The molecule has 33 heteroatoms. The van der Waals surface area contributed by atoms with Gasteiger partial charge in [-0.1, -0.05) is 122 Å². The number of unbranched alkanes of at least 4 members (excludes halogenated alkanes) is 20. The van der Waals surface area contributed by atoms with Crippen LogP contribution in [0.15, 0.2) is 0 Å². The molecule has 0 aliphatic rings. The number of carboxylic acid groups (broad SMARTS) is 3. The molecular weight excluding hydrogens is 1490 g/mol. The largest absolute Gasteiger partial charge is 0.481 e. The second kappa shape index (κ2) is 79.0. The lowest BCUT2D eigenvalue weighted by molar-refractivity contribution is -0.143. The molecule has 0 radical (unpaired) electrons. The van der Waals surface area contributed by atoms with E-state index in [9.17, 15) is 77.6 Å². The standard InChI is InChI=1S/C81H145N7O26/c1-2-28-66(29-23-25-40-83-76(98)39-37-70(81(105)106)88-78(100)64-114-55-49-107-45-27-30-67(91)61-111-53-50-108-46-42-84-73(95)32-19-15-11-7-3-5-9-13-17-21-34-79(101)102)71(93)58-87-69(72(94)60-90)31-24-26-41-82-75(97)38-36-65(59-89)57-68(92)62-112-54-51-110-48-44-86-77(99)63-113-56-52-109-47-43-85-74(96)33-20-16-12-8-4-6-10-14-18-22-35-80(103)104/h65-66,69-70,87,89-90H,2-64H2,1H3,(H,82,97)(H,83,98)(H,84,95)(H,85,96)(H,86,99)(H,88,100)(H,101,102)(H,103,104)(H,105,106)/t65-,66+,69+,70+/m1/s1. The quantitative estimate of drug-likeness (QED) is 0.0305. The topological polar surface area (TPSA) is 481 Å². The number of ketones is 4. The number of Topliss-reactive ketones (excluding diaryl/α,β-unsaturated/α-hetero) is 4. The van der Waals surface area contributed by atoms with Gasteiger partial charge in [0.1, 0.15) is 44.9 Å². The number of ether oxygens (including phenoxy) is 8. The van der Waals surface area contributed by atoms with Crippen LogP contribution in [0, 0.1) is 11.8 Å². The SMILES string of the molecule is CCC[C@@H](CCCCNC(=O)CC[C@H](NC(=O)COCCOCCCC(=O)COCCOCCNC(=O)CCCCCCCCCCCCC(=O)O)C(=O)O)C(=O)CN[C@@H](CCCCNC(=O)CC[C@@H](CO)CC(=O)COCCOCCNC(=O)COCCOCCNC(=O)CCCCCCCCCCCCC(=O)O)C(=O)CO. The molecule has 0 aromatic heterocycles. The second-order valence-electron chi connectivity index (χ2n) is 28.7. The molecule has 12 N–H and O–H groups in total. The number of carboxylic acids is 3. The zero-order valence-electron chi connectivity index (χ0n) is 68.7. The average Bonchev–Trinajstić information content (AvgIpc) is 0.917. The molecule has 0 saturated heterocycles. The van der Waals surface area contributed by atoms with E-state index in [2.05, 4.69) is 37.2 Å². The van der Waals surface area contributed by atoms with Gasteiger partial charge in [-0.15, -0.1) is 0 Å². The summed E-state index contributed by atoms with van der Waals surface area (Å²) in [4.78, 5) is 158. The number of aliphatic hydroxyl groups excluding tert-OH is 2. The van der Waals surface area contributed by atoms with Crippen LogP contribution >= 0.6 is 0 Å². The summed E-state index contributed by atoms with van der Waals surface area (Å²) in [7, 11) is 0. The third-order valence-corrected chi connectivity index (χ3v) is 18.6. The van der Waals surface area contributed by atoms with E-state index in [1.54, 1.807) is 0 Å². The predicted octanol–water partition coefficient (Wildman–Crippen LogP) is 6.12. The van der Waals surface area contributed by atoms with E-state index in [1.807, 2.05) is 6.92 Å². The molecule has 6 amide bonds. The van der Waals surface area contributed by atoms with E-state index in [1.165, 1.54) is 0 Å². The Bertz CT molecular complexity index is 2560. The van der Waals surface area contributed by atoms with Crippen LogP contribution in [-0.4, -0.2) is 272 Å². The number of carbonyl (C=O) groups excluding carboxylic acids is 10. The number of hydrogen-bond acceptors (Lipinski definition) is 24. The van der Waals surface area contributed by atoms with Crippen LogP contribution in [0.2, 0.25) is 0 Å². The van der Waals surface area contributed by atoms with Crippen LogP contribution in [0.25, 0.3) is 0 Å². The monoisotopic (exact) mass is 1630 g/mol. The highest BCUT2D eigenvalue weighted by molar-refractivity contribution is 5.88. The Hall–Kier alpha value is -6.53. The van der Waals surface area contributed by atoms with Gasteiger partial charge >= 0.3 is 17.9 Å². The summed E-state index contributed by atoms with van der Waals surface area (Å²) in [5, 5.41) is 65.9. The molecule has 0 fully saturated rings. The first-order chi connectivity index (χ1) is 55.2. The van der Waals surface area contributed by atoms with Crippen LogP contribution in [-0.2, 0) is 100 Å². The van der Waals surface area contributed by atoms with Crippen molar-refractivity contribution in [3.63, 3.8) is 0 Å². The van der Waals surface area contributed by atoms with E-state index in [0.29, 0.717) is 97.1 Å².